The van der Waals surface area contributed by atoms with E-state index in [0.29, 0.717) is 0 Å². The first-order valence-electron chi connectivity index (χ1n) is 6.35. The van der Waals surface area contributed by atoms with Gasteiger partial charge in [-0.25, -0.2) is 9.59 Å². The molecule has 0 amide bonds. The summed E-state index contributed by atoms with van der Waals surface area (Å²) >= 11 is 0. The lowest BCUT2D eigenvalue weighted by atomic mass is 10.1. The van der Waals surface area contributed by atoms with E-state index in [0.717, 1.165) is 6.08 Å². The van der Waals surface area contributed by atoms with Crippen LogP contribution >= 0.6 is 0 Å². The average Bonchev–Trinajstić information content (AvgIpc) is 2.76. The van der Waals surface area contributed by atoms with Gasteiger partial charge in [0.15, 0.2) is 5.79 Å². The predicted molar refractivity (Wildman–Crippen MR) is 72.1 cm³/mol. The number of ether oxygens (including phenoxy) is 4. The normalized spacial score (nSPS) is 26.1. The summed E-state index contributed by atoms with van der Waals surface area (Å²) in [4.78, 5) is 22.1. The van der Waals surface area contributed by atoms with Gasteiger partial charge in [-0.15, -0.1) is 0 Å². The summed E-state index contributed by atoms with van der Waals surface area (Å²) in [6.07, 6.45) is 2.47. The minimum Gasteiger partial charge on any atom is -0.466 e. The van der Waals surface area contributed by atoms with E-state index in [9.17, 15) is 14.7 Å². The van der Waals surface area contributed by atoms with E-state index in [-0.39, 0.29) is 0 Å². The van der Waals surface area contributed by atoms with Crippen LogP contribution in [0.2, 0.25) is 0 Å². The van der Waals surface area contributed by atoms with Gasteiger partial charge in [-0.3, -0.25) is 0 Å². The van der Waals surface area contributed by atoms with Crippen molar-refractivity contribution in [3.05, 3.63) is 24.3 Å². The van der Waals surface area contributed by atoms with E-state index in [2.05, 4.69) is 9.47 Å². The molecule has 1 aliphatic heterocycles. The molecule has 1 saturated heterocycles. The number of rotatable bonds is 5. The van der Waals surface area contributed by atoms with Crippen LogP contribution in [0.4, 0.5) is 0 Å². The fraction of sp³-hybridized carbons (Fsp3) is 0.571. The van der Waals surface area contributed by atoms with Gasteiger partial charge in [0.2, 0.25) is 0 Å². The smallest absolute Gasteiger partial charge is 0.330 e. The molecule has 21 heavy (non-hydrogen) atoms. The van der Waals surface area contributed by atoms with Crippen LogP contribution in [0.25, 0.3) is 0 Å². The topological polar surface area (TPSA) is 91.3 Å². The van der Waals surface area contributed by atoms with E-state index in [1.165, 1.54) is 32.4 Å². The zero-order valence-electron chi connectivity index (χ0n) is 12.4. The van der Waals surface area contributed by atoms with Crippen LogP contribution in [-0.2, 0) is 28.5 Å². The highest BCUT2D eigenvalue weighted by atomic mass is 16.8. The molecule has 0 aromatic heterocycles. The number of hydrogen-bond donors (Lipinski definition) is 1. The van der Waals surface area contributed by atoms with Crippen LogP contribution < -0.4 is 0 Å². The highest BCUT2D eigenvalue weighted by Crippen LogP contribution is 2.31. The Hall–Kier alpha value is -1.70. The quantitative estimate of drug-likeness (QED) is 0.577. The Bertz CT molecular complexity index is 439. The number of carbonyl (C=O) groups excluding carboxylic acids is 2. The van der Waals surface area contributed by atoms with Crippen molar-refractivity contribution in [1.29, 1.82) is 0 Å². The van der Waals surface area contributed by atoms with Crippen LogP contribution in [0.1, 0.15) is 13.8 Å². The van der Waals surface area contributed by atoms with Crippen LogP contribution in [-0.4, -0.2) is 55.4 Å². The van der Waals surface area contributed by atoms with Crippen LogP contribution in [0.3, 0.4) is 0 Å². The highest BCUT2D eigenvalue weighted by Gasteiger charge is 2.43. The maximum absolute atomic E-state index is 11.1. The molecule has 0 saturated carbocycles. The van der Waals surface area contributed by atoms with E-state index in [1.54, 1.807) is 13.8 Å². The summed E-state index contributed by atoms with van der Waals surface area (Å²) in [5.41, 5.74) is 0. The molecular weight excluding hydrogens is 280 g/mol. The molecule has 1 heterocycles. The van der Waals surface area contributed by atoms with Crippen molar-refractivity contribution in [2.75, 3.05) is 14.2 Å². The number of carbonyl (C=O) groups is 2. The summed E-state index contributed by atoms with van der Waals surface area (Å²) in [5, 5.41) is 10.1. The van der Waals surface area contributed by atoms with Gasteiger partial charge in [0.25, 0.3) is 0 Å². The molecule has 0 bridgehead atoms. The molecule has 1 aliphatic rings. The number of esters is 2. The molecule has 7 nitrogen and oxygen atoms in total. The predicted octanol–water partition coefficient (Wildman–Crippen LogP) is 0.326. The first kappa shape index (κ1) is 17.4. The fourth-order valence-corrected chi connectivity index (χ4v) is 1.83. The van der Waals surface area contributed by atoms with Crippen LogP contribution in [0.5, 0.6) is 0 Å². The molecule has 7 heteroatoms. The zero-order valence-corrected chi connectivity index (χ0v) is 12.4. The van der Waals surface area contributed by atoms with Crippen molar-refractivity contribution < 1.29 is 33.6 Å². The molecule has 0 spiro atoms. The van der Waals surface area contributed by atoms with E-state index in [4.69, 9.17) is 9.47 Å². The standard InChI is InChI=1S/C14H20O7/c1-14(2)20-10(6-8-12(17)19-4)13(21-14)9(15)5-7-11(16)18-3/h5-10,13,15H,1-4H3/b7-5+,8-6+/t9-,10-,13+/m0/s1. The Balaban J connectivity index is 2.80. The Morgan fingerprint density at radius 2 is 1.71 bits per heavy atom. The van der Waals surface area contributed by atoms with E-state index < -0.39 is 36.0 Å². The second-order valence-corrected chi connectivity index (χ2v) is 4.82. The summed E-state index contributed by atoms with van der Waals surface area (Å²) < 4.78 is 20.1. The maximum atomic E-state index is 11.1. The third-order valence-electron chi connectivity index (χ3n) is 2.75. The molecular formula is C14H20O7. The number of aliphatic hydroxyl groups is 1. The van der Waals surface area contributed by atoms with Crippen molar-refractivity contribution >= 4 is 11.9 Å². The second-order valence-electron chi connectivity index (χ2n) is 4.82. The molecule has 0 aliphatic carbocycles. The zero-order chi connectivity index (χ0) is 16.0. The van der Waals surface area contributed by atoms with Gasteiger partial charge in [0.1, 0.15) is 18.3 Å². The monoisotopic (exact) mass is 300 g/mol. The van der Waals surface area contributed by atoms with Gasteiger partial charge in [0.05, 0.1) is 14.2 Å². The van der Waals surface area contributed by atoms with Crippen molar-refractivity contribution in [3.8, 4) is 0 Å². The largest absolute Gasteiger partial charge is 0.466 e. The SMILES string of the molecule is COC(=O)/C=C/[C@@H]1OC(C)(C)O[C@@H]1[C@@H](O)/C=C/C(=O)OC. The van der Waals surface area contributed by atoms with Crippen LogP contribution in [0, 0.1) is 0 Å². The van der Waals surface area contributed by atoms with Gasteiger partial charge in [-0.05, 0) is 26.0 Å². The highest BCUT2D eigenvalue weighted by molar-refractivity contribution is 5.82. The summed E-state index contributed by atoms with van der Waals surface area (Å²) in [7, 11) is 2.49. The van der Waals surface area contributed by atoms with Gasteiger partial charge < -0.3 is 24.1 Å². The Morgan fingerprint density at radius 3 is 2.29 bits per heavy atom. The molecule has 0 unspecified atom stereocenters. The maximum Gasteiger partial charge on any atom is 0.330 e. The summed E-state index contributed by atoms with van der Waals surface area (Å²) in [5.74, 6) is -2.05. The van der Waals surface area contributed by atoms with Gasteiger partial charge in [-0.2, -0.15) is 0 Å². The minimum absolute atomic E-state index is 0.540. The van der Waals surface area contributed by atoms with Crippen molar-refractivity contribution in [2.45, 2.75) is 37.9 Å². The van der Waals surface area contributed by atoms with Gasteiger partial charge in [0, 0.05) is 12.2 Å². The number of aliphatic hydroxyl groups excluding tert-OH is 1. The van der Waals surface area contributed by atoms with Crippen LogP contribution in [0.15, 0.2) is 24.3 Å². The van der Waals surface area contributed by atoms with E-state index in [1.807, 2.05) is 0 Å². The number of methoxy groups -OCH3 is 2. The summed E-state index contributed by atoms with van der Waals surface area (Å²) in [6.45, 7) is 3.37. The molecule has 1 rings (SSSR count). The Labute approximate surface area is 123 Å². The first-order chi connectivity index (χ1) is 9.79. The van der Waals surface area contributed by atoms with Crippen molar-refractivity contribution in [1.82, 2.24) is 0 Å². The molecule has 3 atom stereocenters. The molecule has 1 fully saturated rings. The third-order valence-corrected chi connectivity index (χ3v) is 2.75. The van der Waals surface area contributed by atoms with Gasteiger partial charge in [-0.1, -0.05) is 0 Å². The van der Waals surface area contributed by atoms with Crippen molar-refractivity contribution in [2.24, 2.45) is 0 Å². The Kier molecular flexibility index (Phi) is 6.07. The lowest BCUT2D eigenvalue weighted by molar-refractivity contribution is -0.150. The molecule has 118 valence electrons. The fourth-order valence-electron chi connectivity index (χ4n) is 1.83. The lowest BCUT2D eigenvalue weighted by Gasteiger charge is -2.18. The first-order valence-corrected chi connectivity index (χ1v) is 6.35. The minimum atomic E-state index is -1.10. The average molecular weight is 300 g/mol. The second kappa shape index (κ2) is 7.35. The molecule has 1 N–H and O–H groups in total. The number of hydrogen-bond acceptors (Lipinski definition) is 7. The lowest BCUT2D eigenvalue weighted by Crippen LogP contribution is -2.33. The molecule has 0 radical (unpaired) electrons. The van der Waals surface area contributed by atoms with E-state index >= 15 is 0 Å². The Morgan fingerprint density at radius 1 is 1.14 bits per heavy atom. The third kappa shape index (κ3) is 5.30. The molecule has 0 aromatic rings. The van der Waals surface area contributed by atoms with Gasteiger partial charge >= 0.3 is 11.9 Å². The molecule has 0 aromatic carbocycles. The summed E-state index contributed by atoms with van der Waals surface area (Å²) in [6, 6.07) is 0. The van der Waals surface area contributed by atoms with Crippen molar-refractivity contribution in [3.63, 3.8) is 0 Å².